The van der Waals surface area contributed by atoms with Gasteiger partial charge in [0.1, 0.15) is 18.1 Å². The van der Waals surface area contributed by atoms with Gasteiger partial charge in [-0.1, -0.05) is 194 Å². The standard InChI is InChI=1S/C35H45NO7.C34H46N2O4.3CH4/c1-4-5-6-7-8-9-10-11-12-13-14-15-16-17-18-19-20-21-22-23-33(38)42-27-31(35(40)41)36-34(39)30-25-24-28(2)26-32(30)43-29(3)37;1-4-5-6-7-8-9-10-11-12-13-14-15-16-17-18-19-20-21-22-23-33(38)35-26-27-36-34(39)31-25-24-29(2)28-32(31)40-30(3)37;;;/h5-6,8-9,11-12,14-15,17-18,20-21,24-26,31H,4,7,10,13,16,19,22-23,27H2,1-3H3,(H,36,39)(H,40,41);5-6,8-9,11-12,14-15,17-18,20-21,24-25,28H,4,7,10,13,16,19,22-23,26-27H2,1-3H3,(H,35,38)(H,36,39);3*1H4/b2*6-5-,9-8-,12-11-,15-14-,18-17-,21-20-;;;. The number of rotatable bonds is 39. The van der Waals surface area contributed by atoms with Gasteiger partial charge in [-0.05, 0) is 139 Å². The normalized spacial score (nSPS) is 12.0. The quantitative estimate of drug-likeness (QED) is 0.0215. The minimum absolute atomic E-state index is 0. The van der Waals surface area contributed by atoms with Crippen LogP contribution in [0.4, 0.5) is 0 Å². The van der Waals surface area contributed by atoms with E-state index >= 15 is 0 Å². The molecule has 0 aromatic heterocycles. The first-order valence-electron chi connectivity index (χ1n) is 28.8. The van der Waals surface area contributed by atoms with Gasteiger partial charge in [-0.3, -0.25) is 28.8 Å². The number of carbonyl (C=O) groups is 7. The molecule has 2 rings (SSSR count). The first-order valence-corrected chi connectivity index (χ1v) is 28.8. The number of aliphatic carboxylic acids is 1. The van der Waals surface area contributed by atoms with Crippen molar-refractivity contribution < 1.29 is 52.9 Å². The molecule has 0 saturated carbocycles. The molecule has 0 radical (unpaired) electrons. The van der Waals surface area contributed by atoms with Crippen molar-refractivity contribution in [3.63, 3.8) is 0 Å². The SMILES string of the molecule is C.C.C.CC/C=C\C/C=C\C/C=C\C/C=C\C/C=C\C/C=C\CCC(=O)NCCNC(=O)c1ccc(C)cc1OC(C)=O.CC/C=C\C/C=C\C/C=C\C/C=C\C/C=C\C/C=C\CCC(=O)OCC(NC(=O)c1ccc(C)cc1OC(C)=O)C(=O)O. The van der Waals surface area contributed by atoms with Gasteiger partial charge in [0, 0.05) is 39.8 Å². The van der Waals surface area contributed by atoms with E-state index in [-0.39, 0.29) is 69.7 Å². The van der Waals surface area contributed by atoms with Crippen molar-refractivity contribution in [1.29, 1.82) is 0 Å². The van der Waals surface area contributed by atoms with E-state index < -0.39 is 42.4 Å². The zero-order valence-electron chi connectivity index (χ0n) is 49.9. The van der Waals surface area contributed by atoms with Gasteiger partial charge in [0.15, 0.2) is 6.04 Å². The van der Waals surface area contributed by atoms with E-state index in [1.54, 1.807) is 31.2 Å². The predicted octanol–water partition coefficient (Wildman–Crippen LogP) is 16.3. The average molecular weight is 1190 g/mol. The summed E-state index contributed by atoms with van der Waals surface area (Å²) in [4.78, 5) is 83.4. The molecule has 1 unspecified atom stereocenters. The fraction of sp³-hybridized carbons (Fsp3) is 0.403. The van der Waals surface area contributed by atoms with Crippen LogP contribution in [-0.2, 0) is 28.7 Å². The number of aryl methyl sites for hydroxylation is 2. The van der Waals surface area contributed by atoms with E-state index in [0.717, 1.165) is 88.2 Å². The maximum atomic E-state index is 12.6. The van der Waals surface area contributed by atoms with Crippen LogP contribution in [-0.4, -0.2) is 72.4 Å². The van der Waals surface area contributed by atoms with Gasteiger partial charge in [-0.2, -0.15) is 0 Å². The van der Waals surface area contributed by atoms with Crippen molar-refractivity contribution in [2.75, 3.05) is 19.7 Å². The van der Waals surface area contributed by atoms with Crippen LogP contribution in [0.15, 0.2) is 182 Å². The number of nitrogens with one attached hydrogen (secondary N) is 3. The number of benzene rings is 2. The maximum Gasteiger partial charge on any atom is 0.329 e. The van der Waals surface area contributed by atoms with E-state index in [0.29, 0.717) is 25.8 Å². The minimum Gasteiger partial charge on any atom is -0.480 e. The Kier molecular flexibility index (Phi) is 53.1. The third kappa shape index (κ3) is 46.0. The Labute approximate surface area is 516 Å². The summed E-state index contributed by atoms with van der Waals surface area (Å²) in [6.07, 6.45) is 64.0. The molecule has 2 aromatic carbocycles. The smallest absolute Gasteiger partial charge is 0.329 e. The van der Waals surface area contributed by atoms with Crippen LogP contribution in [0, 0.1) is 13.8 Å². The Morgan fingerprint density at radius 3 is 1.13 bits per heavy atom. The molecule has 0 spiro atoms. The second-order valence-corrected chi connectivity index (χ2v) is 18.7. The van der Waals surface area contributed by atoms with Crippen molar-refractivity contribution in [3.05, 3.63) is 204 Å². The fourth-order valence-corrected chi connectivity index (χ4v) is 7.03. The summed E-state index contributed by atoms with van der Waals surface area (Å²) in [7, 11) is 0. The number of carbonyl (C=O) groups excluding carboxylic acids is 6. The number of hydrogen-bond donors (Lipinski definition) is 4. The summed E-state index contributed by atoms with van der Waals surface area (Å²) in [5, 5.41) is 17.3. The maximum absolute atomic E-state index is 12.6. The molecule has 0 bridgehead atoms. The highest BCUT2D eigenvalue weighted by Gasteiger charge is 2.25. The zero-order chi connectivity index (χ0) is 61.0. The van der Waals surface area contributed by atoms with Crippen LogP contribution in [0.1, 0.15) is 185 Å². The van der Waals surface area contributed by atoms with Crippen LogP contribution in [0.2, 0.25) is 0 Å². The van der Waals surface area contributed by atoms with E-state index in [2.05, 4.69) is 151 Å². The van der Waals surface area contributed by atoms with Crippen molar-refractivity contribution >= 4 is 41.6 Å². The Hall–Kier alpha value is -8.39. The van der Waals surface area contributed by atoms with Crippen LogP contribution in [0.5, 0.6) is 11.5 Å². The van der Waals surface area contributed by atoms with Crippen molar-refractivity contribution in [2.45, 2.75) is 173 Å². The Morgan fingerprint density at radius 2 is 0.779 bits per heavy atom. The highest BCUT2D eigenvalue weighted by atomic mass is 16.5. The average Bonchev–Trinajstić information content (AvgIpc) is 2.44. The van der Waals surface area contributed by atoms with E-state index in [4.69, 9.17) is 14.2 Å². The van der Waals surface area contributed by atoms with E-state index in [1.165, 1.54) is 26.0 Å². The highest BCUT2D eigenvalue weighted by molar-refractivity contribution is 6.00. The van der Waals surface area contributed by atoms with Gasteiger partial charge in [0.25, 0.3) is 11.8 Å². The molecule has 3 amide bonds. The lowest BCUT2D eigenvalue weighted by atomic mass is 10.1. The van der Waals surface area contributed by atoms with Gasteiger partial charge < -0.3 is 35.3 Å². The largest absolute Gasteiger partial charge is 0.480 e. The highest BCUT2D eigenvalue weighted by Crippen LogP contribution is 2.22. The fourth-order valence-electron chi connectivity index (χ4n) is 7.03. The predicted molar refractivity (Wildman–Crippen MR) is 355 cm³/mol. The molecule has 0 aliphatic carbocycles. The van der Waals surface area contributed by atoms with Gasteiger partial charge in [0.05, 0.1) is 11.1 Å². The second kappa shape index (κ2) is 55.8. The number of hydrogen-bond acceptors (Lipinski definition) is 10. The van der Waals surface area contributed by atoms with Crippen molar-refractivity contribution in [1.82, 2.24) is 16.0 Å². The first-order chi connectivity index (χ1) is 40.2. The number of ether oxygens (including phenoxy) is 3. The summed E-state index contributed by atoms with van der Waals surface area (Å²) in [6, 6.07) is 8.14. The zero-order valence-corrected chi connectivity index (χ0v) is 49.9. The first kappa shape index (κ1) is 81.8. The molecule has 0 aliphatic rings. The molecule has 472 valence electrons. The number of allylic oxidation sites excluding steroid dienone is 24. The molecule has 0 fully saturated rings. The number of amides is 3. The molecule has 1 atom stereocenters. The Morgan fingerprint density at radius 1 is 0.453 bits per heavy atom. The molecule has 0 aliphatic heterocycles. The lowest BCUT2D eigenvalue weighted by Crippen LogP contribution is -2.44. The van der Waals surface area contributed by atoms with Crippen LogP contribution in [0.3, 0.4) is 0 Å². The van der Waals surface area contributed by atoms with Crippen LogP contribution < -0.4 is 25.4 Å². The van der Waals surface area contributed by atoms with E-state index in [1.807, 2.05) is 31.2 Å². The third-order valence-electron chi connectivity index (χ3n) is 11.3. The van der Waals surface area contributed by atoms with Gasteiger partial charge >= 0.3 is 23.9 Å². The molecule has 0 saturated heterocycles. The molecule has 86 heavy (non-hydrogen) atoms. The topological polar surface area (TPSA) is 203 Å². The summed E-state index contributed by atoms with van der Waals surface area (Å²) in [5.74, 6) is -3.98. The van der Waals surface area contributed by atoms with E-state index in [9.17, 15) is 38.7 Å². The number of carboxylic acids is 1. The lowest BCUT2D eigenvalue weighted by molar-refractivity contribution is -0.148. The van der Waals surface area contributed by atoms with Gasteiger partial charge in [0.2, 0.25) is 5.91 Å². The molecule has 14 heteroatoms. The lowest BCUT2D eigenvalue weighted by Gasteiger charge is -2.16. The van der Waals surface area contributed by atoms with Crippen LogP contribution >= 0.6 is 0 Å². The van der Waals surface area contributed by atoms with Crippen molar-refractivity contribution in [2.24, 2.45) is 0 Å². The molecule has 2 aromatic rings. The van der Waals surface area contributed by atoms with Gasteiger partial charge in [-0.15, -0.1) is 0 Å². The molecular formula is C72H103N3O11. The second-order valence-electron chi connectivity index (χ2n) is 18.7. The van der Waals surface area contributed by atoms with Crippen LogP contribution in [0.25, 0.3) is 0 Å². The Bertz CT molecular complexity index is 2640. The summed E-state index contributed by atoms with van der Waals surface area (Å²) < 4.78 is 15.3. The molecular weight excluding hydrogens is 1080 g/mol. The number of carboxylic acid groups (broad SMARTS) is 1. The summed E-state index contributed by atoms with van der Waals surface area (Å²) >= 11 is 0. The minimum atomic E-state index is -1.46. The molecule has 4 N–H and O–H groups in total. The monoisotopic (exact) mass is 1190 g/mol. The summed E-state index contributed by atoms with van der Waals surface area (Å²) in [5.41, 5.74) is 1.91. The Balaban J connectivity index is -0.00000155. The third-order valence-corrected chi connectivity index (χ3v) is 11.3. The van der Waals surface area contributed by atoms with Crippen molar-refractivity contribution in [3.8, 4) is 11.5 Å². The molecule has 0 heterocycles. The number of esters is 3. The molecule has 14 nitrogen and oxygen atoms in total. The van der Waals surface area contributed by atoms with Gasteiger partial charge in [-0.25, -0.2) is 4.79 Å². The summed E-state index contributed by atoms with van der Waals surface area (Å²) in [6.45, 7) is 10.4.